The first-order valence-corrected chi connectivity index (χ1v) is 19.5. The molecule has 0 saturated carbocycles. The number of thiophene rings is 2. The zero-order chi connectivity index (χ0) is 25.8. The summed E-state index contributed by atoms with van der Waals surface area (Å²) < 4.78 is 2.42. The van der Waals surface area contributed by atoms with Gasteiger partial charge in [-0.25, -0.2) is 0 Å². The lowest BCUT2D eigenvalue weighted by atomic mass is 10.0. The number of benzene rings is 2. The lowest BCUT2D eigenvalue weighted by Crippen LogP contribution is -2.55. The summed E-state index contributed by atoms with van der Waals surface area (Å²) in [6.45, 7) is 4.66. The van der Waals surface area contributed by atoms with Crippen molar-refractivity contribution >= 4 is 73.0 Å². The van der Waals surface area contributed by atoms with Crippen LogP contribution in [-0.2, 0) is 0 Å². The second-order valence-corrected chi connectivity index (χ2v) is 19.6. The van der Waals surface area contributed by atoms with E-state index in [1.165, 1.54) is 103 Å². The maximum atomic E-state index is 3.69. The van der Waals surface area contributed by atoms with Gasteiger partial charge in [-0.3, -0.25) is 0 Å². The van der Waals surface area contributed by atoms with Crippen LogP contribution in [0.4, 0.5) is 0 Å². The molecule has 0 spiro atoms. The van der Waals surface area contributed by atoms with Crippen molar-refractivity contribution in [1.29, 1.82) is 0 Å². The maximum absolute atomic E-state index is 3.69. The third-order valence-electron chi connectivity index (χ3n) is 7.99. The molecule has 194 valence electrons. The molecule has 0 bridgehead atoms. The molecule has 0 aliphatic carbocycles. The van der Waals surface area contributed by atoms with Gasteiger partial charge >= 0.3 is 0 Å². The monoisotopic (exact) mass is 670 g/mol. The Kier molecular flexibility index (Phi) is 9.29. The normalized spacial score (nSPS) is 13.6. The Hall–Kier alpha value is -0.983. The summed E-state index contributed by atoms with van der Waals surface area (Å²) in [5.74, 6) is 0. The molecule has 0 unspecified atom stereocenters. The maximum Gasteiger partial charge on any atom is 0.119 e. The molecular weight excluding hydrogens is 636 g/mol. The summed E-state index contributed by atoms with van der Waals surface area (Å²) in [5, 5.41) is 3.42. The van der Waals surface area contributed by atoms with Crippen LogP contribution in [0.25, 0.3) is 32.0 Å². The lowest BCUT2D eigenvalue weighted by Gasteiger charge is -2.31. The van der Waals surface area contributed by atoms with Crippen LogP contribution >= 0.6 is 54.5 Å². The molecule has 0 radical (unpaired) electrons. The Morgan fingerprint density at radius 2 is 1.03 bits per heavy atom. The van der Waals surface area contributed by atoms with Crippen LogP contribution in [0.5, 0.6) is 0 Å². The van der Waals surface area contributed by atoms with Crippen LogP contribution in [0.3, 0.4) is 0 Å². The highest BCUT2D eigenvalue weighted by Gasteiger charge is 2.44. The molecular formula is C32H36Br2S2Si. The first kappa shape index (κ1) is 27.6. The van der Waals surface area contributed by atoms with Crippen LogP contribution in [0.1, 0.15) is 65.2 Å². The molecule has 0 nitrogen and oxygen atoms in total. The zero-order valence-corrected chi connectivity index (χ0v) is 27.7. The molecule has 1 aliphatic rings. The van der Waals surface area contributed by atoms with Gasteiger partial charge in [-0.2, -0.15) is 0 Å². The van der Waals surface area contributed by atoms with E-state index >= 15 is 0 Å². The number of fused-ring (bicyclic) bond motifs is 3. The van der Waals surface area contributed by atoms with Crippen molar-refractivity contribution in [2.75, 3.05) is 0 Å². The van der Waals surface area contributed by atoms with Crippen molar-refractivity contribution in [3.8, 4) is 32.0 Å². The molecule has 0 atom stereocenters. The molecule has 2 aromatic heterocycles. The van der Waals surface area contributed by atoms with Crippen molar-refractivity contribution in [3.63, 3.8) is 0 Å². The highest BCUT2D eigenvalue weighted by Crippen LogP contribution is 2.40. The van der Waals surface area contributed by atoms with Gasteiger partial charge in [0.25, 0.3) is 0 Å². The smallest absolute Gasteiger partial charge is 0.119 e. The third-order valence-corrected chi connectivity index (χ3v) is 16.6. The molecule has 1 aliphatic heterocycles. The van der Waals surface area contributed by atoms with Crippen LogP contribution in [0.2, 0.25) is 12.1 Å². The predicted molar refractivity (Wildman–Crippen MR) is 177 cm³/mol. The fraction of sp³-hybridized carbons (Fsp3) is 0.375. The van der Waals surface area contributed by atoms with Crippen molar-refractivity contribution in [1.82, 2.24) is 0 Å². The molecule has 0 fully saturated rings. The molecule has 0 N–H and O–H groups in total. The quantitative estimate of drug-likeness (QED) is 0.104. The van der Waals surface area contributed by atoms with Gasteiger partial charge in [0.1, 0.15) is 8.07 Å². The van der Waals surface area contributed by atoms with Gasteiger partial charge in [-0.1, -0.05) is 102 Å². The Balaban J connectivity index is 1.64. The van der Waals surface area contributed by atoms with Gasteiger partial charge in [-0.05, 0) is 101 Å². The lowest BCUT2D eigenvalue weighted by molar-refractivity contribution is 0.684. The summed E-state index contributed by atoms with van der Waals surface area (Å²) in [6, 6.07) is 26.5. The third kappa shape index (κ3) is 5.82. The first-order valence-electron chi connectivity index (χ1n) is 13.9. The van der Waals surface area contributed by atoms with Crippen molar-refractivity contribution in [3.05, 3.63) is 68.2 Å². The van der Waals surface area contributed by atoms with E-state index in [0.29, 0.717) is 0 Å². The summed E-state index contributed by atoms with van der Waals surface area (Å²) >= 11 is 11.1. The fourth-order valence-electron chi connectivity index (χ4n) is 6.11. The number of halogens is 2. The molecule has 5 rings (SSSR count). The minimum atomic E-state index is -1.90. The van der Waals surface area contributed by atoms with E-state index in [2.05, 4.69) is 106 Å². The Morgan fingerprint density at radius 1 is 0.568 bits per heavy atom. The molecule has 0 amide bonds. The first-order chi connectivity index (χ1) is 18.1. The Labute approximate surface area is 248 Å². The van der Waals surface area contributed by atoms with E-state index in [-0.39, 0.29) is 0 Å². The van der Waals surface area contributed by atoms with Crippen LogP contribution in [0.15, 0.2) is 68.2 Å². The van der Waals surface area contributed by atoms with E-state index in [1.54, 1.807) is 10.4 Å². The van der Waals surface area contributed by atoms with E-state index in [1.807, 2.05) is 22.7 Å². The second-order valence-electron chi connectivity index (χ2n) is 10.4. The van der Waals surface area contributed by atoms with E-state index < -0.39 is 8.07 Å². The highest BCUT2D eigenvalue weighted by atomic mass is 79.9. The van der Waals surface area contributed by atoms with Crippen molar-refractivity contribution < 1.29 is 0 Å². The largest absolute Gasteiger partial charge is 0.128 e. The number of hydrogen-bond donors (Lipinski definition) is 0. The second kappa shape index (κ2) is 12.5. The average Bonchev–Trinajstić information content (AvgIpc) is 3.61. The minimum Gasteiger partial charge on any atom is -0.128 e. The van der Waals surface area contributed by atoms with Crippen LogP contribution in [-0.4, -0.2) is 8.07 Å². The molecule has 37 heavy (non-hydrogen) atoms. The molecule has 5 heteroatoms. The summed E-state index contributed by atoms with van der Waals surface area (Å²) in [6.07, 6.45) is 10.7. The fourth-order valence-corrected chi connectivity index (χ4v) is 14.5. The van der Waals surface area contributed by atoms with Gasteiger partial charge < -0.3 is 0 Å². The SMILES string of the molecule is CCCCCC[Si]1(CCCCCC)c2cc(-c3ccc(Br)s3)ccc2-c2ccc(-c3ccc(Br)s3)cc21. The summed E-state index contributed by atoms with van der Waals surface area (Å²) in [4.78, 5) is 2.74. The topological polar surface area (TPSA) is 0 Å². The predicted octanol–water partition coefficient (Wildman–Crippen LogP) is 11.4. The van der Waals surface area contributed by atoms with E-state index in [9.17, 15) is 0 Å². The van der Waals surface area contributed by atoms with E-state index in [4.69, 9.17) is 0 Å². The Morgan fingerprint density at radius 3 is 1.41 bits per heavy atom. The number of hydrogen-bond acceptors (Lipinski definition) is 2. The van der Waals surface area contributed by atoms with Gasteiger partial charge in [0.15, 0.2) is 0 Å². The van der Waals surface area contributed by atoms with Gasteiger partial charge in [0.05, 0.1) is 7.57 Å². The van der Waals surface area contributed by atoms with E-state index in [0.717, 1.165) is 0 Å². The molecule has 2 aromatic carbocycles. The minimum absolute atomic E-state index is 1.21. The Bertz CT molecular complexity index is 1250. The van der Waals surface area contributed by atoms with Crippen LogP contribution < -0.4 is 10.4 Å². The average molecular weight is 673 g/mol. The van der Waals surface area contributed by atoms with Crippen molar-refractivity contribution in [2.24, 2.45) is 0 Å². The number of rotatable bonds is 12. The van der Waals surface area contributed by atoms with Crippen molar-refractivity contribution in [2.45, 2.75) is 77.3 Å². The number of unbranched alkanes of at least 4 members (excludes halogenated alkanes) is 6. The highest BCUT2D eigenvalue weighted by molar-refractivity contribution is 9.11. The summed E-state index contributed by atoms with van der Waals surface area (Å²) in [5.41, 5.74) is 5.82. The molecule has 4 aromatic rings. The van der Waals surface area contributed by atoms with Gasteiger partial charge in [0, 0.05) is 9.75 Å². The standard InChI is InChI=1S/C32H36Br2S2Si/c1-3-5-7-9-19-37(20-10-8-6-4-2)29-21-23(27-15-17-31(33)35-27)11-13-25(29)26-14-12-24(22-30(26)37)28-16-18-32(34)36-28/h11-18,21-22H,3-10,19-20H2,1-2H3. The zero-order valence-electron chi connectivity index (χ0n) is 21.9. The van der Waals surface area contributed by atoms with Gasteiger partial charge in [0.2, 0.25) is 0 Å². The molecule has 0 saturated heterocycles. The molecule has 3 heterocycles. The van der Waals surface area contributed by atoms with Gasteiger partial charge in [-0.15, -0.1) is 22.7 Å². The van der Waals surface area contributed by atoms with Crippen LogP contribution in [0, 0.1) is 0 Å². The summed E-state index contributed by atoms with van der Waals surface area (Å²) in [7, 11) is -1.90.